The zero-order valence-corrected chi connectivity index (χ0v) is 8.69. The van der Waals surface area contributed by atoms with Gasteiger partial charge in [-0.05, 0) is 6.07 Å². The number of furan rings is 1. The van der Waals surface area contributed by atoms with Crippen LogP contribution in [0.5, 0.6) is 0 Å². The molecule has 15 heavy (non-hydrogen) atoms. The molecule has 0 saturated heterocycles. The van der Waals surface area contributed by atoms with Crippen molar-refractivity contribution in [2.24, 2.45) is 0 Å². The van der Waals surface area contributed by atoms with Crippen molar-refractivity contribution in [1.29, 1.82) is 0 Å². The molecule has 0 fully saturated rings. The van der Waals surface area contributed by atoms with Gasteiger partial charge in [0.1, 0.15) is 0 Å². The summed E-state index contributed by atoms with van der Waals surface area (Å²) in [7, 11) is 1.74. The van der Waals surface area contributed by atoms with Gasteiger partial charge < -0.3 is 9.32 Å². The van der Waals surface area contributed by atoms with Gasteiger partial charge >= 0.3 is 0 Å². The van der Waals surface area contributed by atoms with E-state index in [1.165, 1.54) is 0 Å². The summed E-state index contributed by atoms with van der Waals surface area (Å²) in [6, 6.07) is 1.83. The highest BCUT2D eigenvalue weighted by Gasteiger charge is 2.08. The highest BCUT2D eigenvalue weighted by Crippen LogP contribution is 2.03. The van der Waals surface area contributed by atoms with Gasteiger partial charge in [0.05, 0.1) is 25.6 Å². The molecule has 0 aliphatic carbocycles. The van der Waals surface area contributed by atoms with Gasteiger partial charge in [0.2, 0.25) is 5.91 Å². The normalized spacial score (nSPS) is 9.60. The smallest absolute Gasteiger partial charge is 0.236 e. The van der Waals surface area contributed by atoms with Crippen molar-refractivity contribution >= 4 is 5.91 Å². The van der Waals surface area contributed by atoms with Crippen LogP contribution in [0.25, 0.3) is 0 Å². The number of amides is 1. The second-order valence-electron chi connectivity index (χ2n) is 3.19. The Morgan fingerprint density at radius 2 is 2.53 bits per heavy atom. The molecule has 1 rings (SSSR count). The molecule has 4 nitrogen and oxygen atoms in total. The second kappa shape index (κ2) is 5.89. The molecule has 0 atom stereocenters. The topological polar surface area (TPSA) is 45.5 Å². The van der Waals surface area contributed by atoms with Crippen molar-refractivity contribution in [3.05, 3.63) is 24.2 Å². The maximum atomic E-state index is 11.5. The van der Waals surface area contributed by atoms with E-state index in [-0.39, 0.29) is 12.5 Å². The summed E-state index contributed by atoms with van der Waals surface area (Å²) in [4.78, 5) is 13.1. The first kappa shape index (κ1) is 11.3. The van der Waals surface area contributed by atoms with Gasteiger partial charge in [0.25, 0.3) is 0 Å². The van der Waals surface area contributed by atoms with Gasteiger partial charge in [-0.15, -0.1) is 6.42 Å². The third kappa shape index (κ3) is 3.88. The Hall–Kier alpha value is -1.73. The minimum absolute atomic E-state index is 0.00597. The second-order valence-corrected chi connectivity index (χ2v) is 3.19. The highest BCUT2D eigenvalue weighted by molar-refractivity contribution is 5.77. The van der Waals surface area contributed by atoms with E-state index in [1.54, 1.807) is 24.5 Å². The molecule has 0 saturated carbocycles. The number of rotatable bonds is 5. The lowest BCUT2D eigenvalue weighted by Gasteiger charge is -2.15. The van der Waals surface area contributed by atoms with E-state index < -0.39 is 0 Å². The Balaban J connectivity index is 2.31. The van der Waals surface area contributed by atoms with E-state index in [1.807, 2.05) is 6.07 Å². The molecular formula is C11H14N2O2. The molecule has 0 aliphatic heterocycles. The molecule has 1 aromatic rings. The summed E-state index contributed by atoms with van der Waals surface area (Å²) >= 11 is 0. The molecule has 1 amide bonds. The van der Waals surface area contributed by atoms with Crippen molar-refractivity contribution in [3.63, 3.8) is 0 Å². The number of hydrogen-bond acceptors (Lipinski definition) is 3. The standard InChI is InChI=1S/C11H14N2O2/c1-3-5-12-7-11(14)13(2)8-10-4-6-15-9-10/h1,4,6,9,12H,5,7-8H2,2H3. The molecule has 80 valence electrons. The van der Waals surface area contributed by atoms with Crippen LogP contribution in [0, 0.1) is 12.3 Å². The fourth-order valence-electron chi connectivity index (χ4n) is 1.12. The van der Waals surface area contributed by atoms with Crippen LogP contribution < -0.4 is 5.32 Å². The first-order valence-electron chi connectivity index (χ1n) is 4.63. The zero-order chi connectivity index (χ0) is 11.1. The number of hydrogen-bond donors (Lipinski definition) is 1. The third-order valence-corrected chi connectivity index (χ3v) is 1.93. The molecular weight excluding hydrogens is 192 g/mol. The van der Waals surface area contributed by atoms with Gasteiger partial charge in [-0.2, -0.15) is 0 Å². The summed E-state index contributed by atoms with van der Waals surface area (Å²) < 4.78 is 4.91. The highest BCUT2D eigenvalue weighted by atomic mass is 16.3. The maximum absolute atomic E-state index is 11.5. The van der Waals surface area contributed by atoms with E-state index in [4.69, 9.17) is 10.8 Å². The van der Waals surface area contributed by atoms with Crippen LogP contribution in [0.2, 0.25) is 0 Å². The Kier molecular flexibility index (Phi) is 4.45. The number of nitrogens with zero attached hydrogens (tertiary/aromatic N) is 1. The minimum atomic E-state index is 0.00597. The van der Waals surface area contributed by atoms with Gasteiger partial charge in [0.15, 0.2) is 0 Å². The predicted octanol–water partition coefficient (Wildman–Crippen LogP) is 0.461. The summed E-state index contributed by atoms with van der Waals surface area (Å²) in [6.07, 6.45) is 8.26. The molecule has 1 heterocycles. The lowest BCUT2D eigenvalue weighted by molar-refractivity contribution is -0.129. The minimum Gasteiger partial charge on any atom is -0.472 e. The average molecular weight is 206 g/mol. The molecule has 0 aliphatic rings. The molecule has 0 bridgehead atoms. The molecule has 0 radical (unpaired) electrons. The molecule has 0 spiro atoms. The van der Waals surface area contributed by atoms with Crippen LogP contribution in [0.3, 0.4) is 0 Å². The van der Waals surface area contributed by atoms with Crippen molar-refractivity contribution in [1.82, 2.24) is 10.2 Å². The van der Waals surface area contributed by atoms with Crippen LogP contribution in [0.15, 0.2) is 23.0 Å². The third-order valence-electron chi connectivity index (χ3n) is 1.93. The monoisotopic (exact) mass is 206 g/mol. The largest absolute Gasteiger partial charge is 0.472 e. The summed E-state index contributed by atoms with van der Waals surface area (Å²) in [5.74, 6) is 2.42. The molecule has 0 unspecified atom stereocenters. The first-order chi connectivity index (χ1) is 7.24. The number of likely N-dealkylation sites (N-methyl/N-ethyl adjacent to an activating group) is 1. The van der Waals surface area contributed by atoms with E-state index in [0.29, 0.717) is 13.1 Å². The lowest BCUT2D eigenvalue weighted by atomic mass is 10.3. The predicted molar refractivity (Wildman–Crippen MR) is 56.9 cm³/mol. The quantitative estimate of drug-likeness (QED) is 0.562. The Labute approximate surface area is 89.3 Å². The van der Waals surface area contributed by atoms with Crippen LogP contribution in [-0.2, 0) is 11.3 Å². The van der Waals surface area contributed by atoms with Gasteiger partial charge in [-0.1, -0.05) is 5.92 Å². The Morgan fingerprint density at radius 1 is 1.73 bits per heavy atom. The van der Waals surface area contributed by atoms with E-state index in [2.05, 4.69) is 11.2 Å². The lowest BCUT2D eigenvalue weighted by Crippen LogP contribution is -2.35. The van der Waals surface area contributed by atoms with Crippen LogP contribution >= 0.6 is 0 Å². The average Bonchev–Trinajstić information content (AvgIpc) is 2.70. The number of terminal acetylenes is 1. The van der Waals surface area contributed by atoms with E-state index >= 15 is 0 Å². The Morgan fingerprint density at radius 3 is 3.13 bits per heavy atom. The summed E-state index contributed by atoms with van der Waals surface area (Å²) in [5, 5.41) is 2.84. The molecule has 4 heteroatoms. The fraction of sp³-hybridized carbons (Fsp3) is 0.364. The first-order valence-corrected chi connectivity index (χ1v) is 4.63. The SMILES string of the molecule is C#CCNCC(=O)N(C)Cc1ccoc1. The van der Waals surface area contributed by atoms with Crippen molar-refractivity contribution < 1.29 is 9.21 Å². The molecule has 1 N–H and O–H groups in total. The number of nitrogens with one attached hydrogen (secondary N) is 1. The molecule has 0 aromatic carbocycles. The van der Waals surface area contributed by atoms with Gasteiger partial charge in [-0.25, -0.2) is 0 Å². The van der Waals surface area contributed by atoms with Crippen LogP contribution in [-0.4, -0.2) is 30.9 Å². The number of carbonyl (C=O) groups is 1. The molecule has 1 aromatic heterocycles. The van der Waals surface area contributed by atoms with E-state index in [0.717, 1.165) is 5.56 Å². The van der Waals surface area contributed by atoms with Crippen LogP contribution in [0.1, 0.15) is 5.56 Å². The van der Waals surface area contributed by atoms with Crippen molar-refractivity contribution in [3.8, 4) is 12.3 Å². The van der Waals surface area contributed by atoms with Gasteiger partial charge in [0, 0.05) is 19.2 Å². The summed E-state index contributed by atoms with van der Waals surface area (Å²) in [6.45, 7) is 1.22. The summed E-state index contributed by atoms with van der Waals surface area (Å²) in [5.41, 5.74) is 0.975. The van der Waals surface area contributed by atoms with E-state index in [9.17, 15) is 4.79 Å². The fourth-order valence-corrected chi connectivity index (χ4v) is 1.12. The van der Waals surface area contributed by atoms with Crippen molar-refractivity contribution in [2.45, 2.75) is 6.54 Å². The maximum Gasteiger partial charge on any atom is 0.236 e. The van der Waals surface area contributed by atoms with Gasteiger partial charge in [-0.3, -0.25) is 10.1 Å². The van der Waals surface area contributed by atoms with Crippen molar-refractivity contribution in [2.75, 3.05) is 20.1 Å². The zero-order valence-electron chi connectivity index (χ0n) is 8.69. The number of carbonyl (C=O) groups excluding carboxylic acids is 1. The van der Waals surface area contributed by atoms with Crippen LogP contribution in [0.4, 0.5) is 0 Å². The Bertz CT molecular complexity index is 338.